The summed E-state index contributed by atoms with van der Waals surface area (Å²) in [6.45, 7) is 6.07. The molecule has 0 saturated carbocycles. The average Bonchev–Trinajstić information content (AvgIpc) is 3.00. The summed E-state index contributed by atoms with van der Waals surface area (Å²) in [6.07, 6.45) is 6.98. The maximum absolute atomic E-state index is 7.46. The van der Waals surface area contributed by atoms with Crippen molar-refractivity contribution in [3.8, 4) is 5.19 Å². The molecular weight excluding hydrogens is 312 g/mol. The van der Waals surface area contributed by atoms with Crippen LogP contribution in [0.25, 0.3) is 0 Å². The van der Waals surface area contributed by atoms with Crippen molar-refractivity contribution in [1.29, 1.82) is 5.41 Å². The van der Waals surface area contributed by atoms with Crippen molar-refractivity contribution < 1.29 is 4.74 Å². The molecule has 0 radical (unpaired) electrons. The second-order valence-electron chi connectivity index (χ2n) is 5.81. The molecule has 0 amide bonds. The molecule has 0 aliphatic carbocycles. The summed E-state index contributed by atoms with van der Waals surface area (Å²) >= 11 is 1.23. The number of ether oxygens (including phenoxy) is 1. The van der Waals surface area contributed by atoms with E-state index in [9.17, 15) is 0 Å². The maximum Gasteiger partial charge on any atom is 0.294 e. The Labute approximate surface area is 139 Å². The van der Waals surface area contributed by atoms with Gasteiger partial charge in [0.1, 0.15) is 6.10 Å². The highest BCUT2D eigenvalue weighted by atomic mass is 32.1. The second-order valence-corrected chi connectivity index (χ2v) is 6.77. The fraction of sp³-hybridized carbons (Fsp3) is 0.600. The van der Waals surface area contributed by atoms with Crippen LogP contribution in [0.1, 0.15) is 32.3 Å². The Morgan fingerprint density at radius 1 is 1.39 bits per heavy atom. The first kappa shape index (κ1) is 15.9. The van der Waals surface area contributed by atoms with E-state index in [1.807, 2.05) is 12.4 Å². The maximum atomic E-state index is 7.46. The van der Waals surface area contributed by atoms with Crippen molar-refractivity contribution >= 4 is 17.3 Å². The Hall–Kier alpha value is -1.96. The topological polar surface area (TPSA) is 90.8 Å². The van der Waals surface area contributed by atoms with Gasteiger partial charge in [0.15, 0.2) is 0 Å². The monoisotopic (exact) mass is 334 g/mol. The smallest absolute Gasteiger partial charge is 0.294 e. The lowest BCUT2D eigenvalue weighted by molar-refractivity contribution is 0.131. The van der Waals surface area contributed by atoms with Gasteiger partial charge in [0.05, 0.1) is 0 Å². The minimum Gasteiger partial charge on any atom is -0.466 e. The van der Waals surface area contributed by atoms with Crippen molar-refractivity contribution in [3.63, 3.8) is 0 Å². The number of aromatic nitrogens is 4. The van der Waals surface area contributed by atoms with Crippen LogP contribution in [-0.4, -0.2) is 39.4 Å². The number of nitrogens with zero attached hydrogens (tertiary/aromatic N) is 4. The van der Waals surface area contributed by atoms with Crippen LogP contribution in [0.2, 0.25) is 0 Å². The molecule has 1 aliphatic heterocycles. The van der Waals surface area contributed by atoms with Gasteiger partial charge in [-0.15, -0.1) is 5.10 Å². The second kappa shape index (κ2) is 7.08. The molecule has 1 atom stereocenters. The molecule has 23 heavy (non-hydrogen) atoms. The Bertz CT molecular complexity index is 674. The van der Waals surface area contributed by atoms with Crippen LogP contribution in [0.3, 0.4) is 0 Å². The number of piperidine rings is 1. The Kier molecular flexibility index (Phi) is 4.90. The molecule has 2 aromatic rings. The van der Waals surface area contributed by atoms with Gasteiger partial charge in [0, 0.05) is 25.5 Å². The van der Waals surface area contributed by atoms with Gasteiger partial charge >= 0.3 is 0 Å². The van der Waals surface area contributed by atoms with Crippen molar-refractivity contribution in [3.05, 3.63) is 22.8 Å². The van der Waals surface area contributed by atoms with Crippen LogP contribution in [0.15, 0.2) is 12.4 Å². The molecule has 0 bridgehead atoms. The fourth-order valence-corrected chi connectivity index (χ4v) is 3.35. The Morgan fingerprint density at radius 2 is 2.09 bits per heavy atom. The first-order chi connectivity index (χ1) is 11.2. The van der Waals surface area contributed by atoms with Crippen LogP contribution in [0.5, 0.6) is 5.19 Å². The molecule has 0 unspecified atom stereocenters. The molecule has 0 spiro atoms. The quantitative estimate of drug-likeness (QED) is 0.872. The number of H-pyrrole nitrogens is 1. The van der Waals surface area contributed by atoms with Gasteiger partial charge in [-0.2, -0.15) is 0 Å². The first-order valence-corrected chi connectivity index (χ1v) is 8.80. The molecule has 7 nitrogen and oxygen atoms in total. The summed E-state index contributed by atoms with van der Waals surface area (Å²) < 4.78 is 5.85. The van der Waals surface area contributed by atoms with Crippen LogP contribution in [-0.2, 0) is 6.42 Å². The van der Waals surface area contributed by atoms with Crippen molar-refractivity contribution in [2.45, 2.75) is 39.2 Å². The fourth-order valence-electron chi connectivity index (χ4n) is 2.80. The SMILES string of the molecule is CCc1cnc(N2CCC([C@@H](C)Oc3n[nH]c(=N)s3)CC2)nc1. The number of hydrogen-bond donors (Lipinski definition) is 2. The van der Waals surface area contributed by atoms with Crippen LogP contribution < -0.4 is 14.4 Å². The van der Waals surface area contributed by atoms with Crippen LogP contribution in [0.4, 0.5) is 5.95 Å². The molecular formula is C15H22N6OS. The number of hydrogen-bond acceptors (Lipinski definition) is 7. The lowest BCUT2D eigenvalue weighted by Crippen LogP contribution is -2.39. The molecule has 3 rings (SSSR count). The van der Waals surface area contributed by atoms with Crippen molar-refractivity contribution in [2.75, 3.05) is 18.0 Å². The van der Waals surface area contributed by atoms with E-state index in [0.29, 0.717) is 15.9 Å². The predicted octanol–water partition coefficient (Wildman–Crippen LogP) is 1.99. The molecule has 2 N–H and O–H groups in total. The Balaban J connectivity index is 1.53. The number of rotatable bonds is 5. The van der Waals surface area contributed by atoms with Crippen LogP contribution >= 0.6 is 11.3 Å². The third kappa shape index (κ3) is 3.87. The zero-order valence-electron chi connectivity index (χ0n) is 13.5. The van der Waals surface area contributed by atoms with Gasteiger partial charge in [0.25, 0.3) is 5.19 Å². The van der Waals surface area contributed by atoms with E-state index in [4.69, 9.17) is 10.1 Å². The van der Waals surface area contributed by atoms with E-state index < -0.39 is 0 Å². The standard InChI is InChI=1S/C15H22N6OS/c1-3-11-8-17-14(18-9-11)21-6-4-12(5-7-21)10(2)22-15-20-19-13(16)23-15/h8-10,12H,3-7H2,1-2H3,(H2,16,19)/t10-/m1/s1. The number of aromatic amines is 1. The van der Waals surface area contributed by atoms with E-state index in [1.54, 1.807) is 0 Å². The minimum absolute atomic E-state index is 0.0967. The van der Waals surface area contributed by atoms with Gasteiger partial charge in [0.2, 0.25) is 10.7 Å². The largest absolute Gasteiger partial charge is 0.466 e. The Morgan fingerprint density at radius 3 is 2.65 bits per heavy atom. The van der Waals surface area contributed by atoms with Gasteiger partial charge in [-0.3, -0.25) is 5.41 Å². The predicted molar refractivity (Wildman–Crippen MR) is 88.8 cm³/mol. The van der Waals surface area contributed by atoms with Gasteiger partial charge < -0.3 is 9.64 Å². The van der Waals surface area contributed by atoms with Crippen molar-refractivity contribution in [2.24, 2.45) is 5.92 Å². The zero-order valence-corrected chi connectivity index (χ0v) is 14.3. The zero-order chi connectivity index (χ0) is 16.2. The molecule has 1 saturated heterocycles. The summed E-state index contributed by atoms with van der Waals surface area (Å²) in [5.41, 5.74) is 1.17. The van der Waals surface area contributed by atoms with Crippen molar-refractivity contribution in [1.82, 2.24) is 20.2 Å². The highest BCUT2D eigenvalue weighted by molar-refractivity contribution is 7.10. The summed E-state index contributed by atoms with van der Waals surface area (Å²) in [5, 5.41) is 14.6. The molecule has 0 aromatic carbocycles. The third-order valence-electron chi connectivity index (χ3n) is 4.31. The van der Waals surface area contributed by atoms with Gasteiger partial charge in [-0.25, -0.2) is 15.1 Å². The molecule has 1 aliphatic rings. The lowest BCUT2D eigenvalue weighted by atomic mass is 9.92. The normalized spacial score (nSPS) is 17.2. The summed E-state index contributed by atoms with van der Waals surface area (Å²) in [4.78, 5) is 11.5. The highest BCUT2D eigenvalue weighted by Gasteiger charge is 2.26. The minimum atomic E-state index is 0.0967. The molecule has 2 aromatic heterocycles. The van der Waals surface area contributed by atoms with E-state index in [-0.39, 0.29) is 6.10 Å². The number of aryl methyl sites for hydroxylation is 1. The summed E-state index contributed by atoms with van der Waals surface area (Å²) in [6, 6.07) is 0. The van der Waals surface area contributed by atoms with E-state index in [2.05, 4.69) is 38.9 Å². The van der Waals surface area contributed by atoms with E-state index >= 15 is 0 Å². The lowest BCUT2D eigenvalue weighted by Gasteiger charge is -2.34. The highest BCUT2D eigenvalue weighted by Crippen LogP contribution is 2.26. The number of anilines is 1. The van der Waals surface area contributed by atoms with E-state index in [1.165, 1.54) is 16.9 Å². The molecule has 3 heterocycles. The summed E-state index contributed by atoms with van der Waals surface area (Å²) in [5.74, 6) is 1.31. The molecule has 8 heteroatoms. The van der Waals surface area contributed by atoms with E-state index in [0.717, 1.165) is 38.3 Å². The van der Waals surface area contributed by atoms with Crippen LogP contribution in [0, 0.1) is 11.3 Å². The average molecular weight is 334 g/mol. The first-order valence-electron chi connectivity index (χ1n) is 7.98. The third-order valence-corrected chi connectivity index (χ3v) is 4.97. The molecule has 1 fully saturated rings. The van der Waals surface area contributed by atoms with Gasteiger partial charge in [-0.05, 0) is 49.0 Å². The molecule has 124 valence electrons. The van der Waals surface area contributed by atoms with Gasteiger partial charge in [-0.1, -0.05) is 6.92 Å². The number of nitrogens with one attached hydrogen (secondary N) is 2. The summed E-state index contributed by atoms with van der Waals surface area (Å²) in [7, 11) is 0.